The first-order chi connectivity index (χ1) is 6.22. The zero-order chi connectivity index (χ0) is 10.5. The van der Waals surface area contributed by atoms with E-state index in [4.69, 9.17) is 0 Å². The second kappa shape index (κ2) is 14.5. The van der Waals surface area contributed by atoms with Crippen LogP contribution in [0.25, 0.3) is 0 Å². The van der Waals surface area contributed by atoms with Gasteiger partial charge in [-0.05, 0) is 5.92 Å². The predicted octanol–water partition coefficient (Wildman–Crippen LogP) is 5.42. The van der Waals surface area contributed by atoms with Gasteiger partial charge in [-0.3, -0.25) is 0 Å². The van der Waals surface area contributed by atoms with Crippen molar-refractivity contribution in [1.29, 1.82) is 0 Å². The maximum atomic E-state index is 2.35. The fraction of sp³-hybridized carbons (Fsp3) is 1.00. The Morgan fingerprint density at radius 2 is 1.38 bits per heavy atom. The molecule has 0 radical (unpaired) electrons. The van der Waals surface area contributed by atoms with Crippen LogP contribution in [0.2, 0.25) is 0 Å². The minimum Gasteiger partial charge on any atom is -0.0656 e. The summed E-state index contributed by atoms with van der Waals surface area (Å²) in [5.74, 6) is 0.955. The molecule has 0 aromatic rings. The molecular formula is C13H30. The summed E-state index contributed by atoms with van der Waals surface area (Å²) in [4.78, 5) is 0. The Morgan fingerprint density at radius 1 is 0.846 bits per heavy atom. The summed E-state index contributed by atoms with van der Waals surface area (Å²) in [6.07, 6.45) is 9.73. The summed E-state index contributed by atoms with van der Waals surface area (Å²) in [6, 6.07) is 0. The first-order valence-electron chi connectivity index (χ1n) is 6.22. The first kappa shape index (κ1) is 15.5. The highest BCUT2D eigenvalue weighted by Gasteiger charge is 1.96. The Morgan fingerprint density at radius 3 is 1.77 bits per heavy atom. The Hall–Kier alpha value is 0. The van der Waals surface area contributed by atoms with Gasteiger partial charge in [0, 0.05) is 0 Å². The first-order valence-corrected chi connectivity index (χ1v) is 6.22. The molecule has 0 N–H and O–H groups in total. The number of hydrogen-bond acceptors (Lipinski definition) is 0. The van der Waals surface area contributed by atoms with Crippen molar-refractivity contribution in [3.05, 3.63) is 0 Å². The van der Waals surface area contributed by atoms with Crippen LogP contribution in [0.5, 0.6) is 0 Å². The van der Waals surface area contributed by atoms with Gasteiger partial charge in [-0.1, -0.05) is 79.6 Å². The van der Waals surface area contributed by atoms with Gasteiger partial charge >= 0.3 is 0 Å². The van der Waals surface area contributed by atoms with E-state index in [2.05, 4.69) is 34.6 Å². The molecule has 0 saturated carbocycles. The van der Waals surface area contributed by atoms with E-state index >= 15 is 0 Å². The third kappa shape index (κ3) is 18.8. The summed E-state index contributed by atoms with van der Waals surface area (Å²) in [5, 5.41) is 0. The minimum absolute atomic E-state index is 0.955. The van der Waals surface area contributed by atoms with Gasteiger partial charge in [0.15, 0.2) is 0 Å². The largest absolute Gasteiger partial charge is 0.0656 e. The van der Waals surface area contributed by atoms with Crippen molar-refractivity contribution in [2.45, 2.75) is 79.6 Å². The Bertz CT molecular complexity index is 66.4. The highest BCUT2D eigenvalue weighted by molar-refractivity contribution is 4.50. The van der Waals surface area contributed by atoms with Crippen LogP contribution in [0.4, 0.5) is 0 Å². The highest BCUT2D eigenvalue weighted by atomic mass is 14.0. The summed E-state index contributed by atoms with van der Waals surface area (Å²) in [6.45, 7) is 11.2. The van der Waals surface area contributed by atoms with E-state index in [0.29, 0.717) is 0 Å². The Kier molecular flexibility index (Phi) is 17.3. The monoisotopic (exact) mass is 186 g/mol. The maximum absolute atomic E-state index is 2.35. The molecule has 0 heterocycles. The molecule has 1 atom stereocenters. The van der Waals surface area contributed by atoms with Crippen LogP contribution in [0.15, 0.2) is 0 Å². The second-order valence-corrected chi connectivity index (χ2v) is 4.07. The van der Waals surface area contributed by atoms with E-state index in [9.17, 15) is 0 Å². The lowest BCUT2D eigenvalue weighted by Crippen LogP contribution is -1.91. The van der Waals surface area contributed by atoms with Crippen molar-refractivity contribution in [2.24, 2.45) is 5.92 Å². The van der Waals surface area contributed by atoms with Crippen LogP contribution >= 0.6 is 0 Å². The molecular weight excluding hydrogens is 156 g/mol. The summed E-state index contributed by atoms with van der Waals surface area (Å²) in [7, 11) is 0. The standard InChI is InChI=1S/C10H22.C3H8/c1-4-6-7-8-9-10(3)5-2;1-3-2/h10H,4-9H2,1-3H3;3H2,1-2H3. The van der Waals surface area contributed by atoms with Gasteiger partial charge < -0.3 is 0 Å². The fourth-order valence-corrected chi connectivity index (χ4v) is 1.12. The smallest absolute Gasteiger partial charge is 0.0445 e. The lowest BCUT2D eigenvalue weighted by atomic mass is 10.0. The molecule has 13 heavy (non-hydrogen) atoms. The molecule has 0 aromatic carbocycles. The molecule has 0 aliphatic heterocycles. The zero-order valence-corrected chi connectivity index (χ0v) is 10.5. The molecule has 0 aromatic heterocycles. The van der Waals surface area contributed by atoms with Gasteiger partial charge in [-0.25, -0.2) is 0 Å². The molecule has 0 aliphatic rings. The van der Waals surface area contributed by atoms with Crippen LogP contribution in [-0.4, -0.2) is 0 Å². The minimum atomic E-state index is 0.955. The van der Waals surface area contributed by atoms with E-state index < -0.39 is 0 Å². The van der Waals surface area contributed by atoms with Crippen LogP contribution in [0, 0.1) is 5.92 Å². The molecule has 0 rings (SSSR count). The molecule has 0 nitrogen and oxygen atoms in total. The van der Waals surface area contributed by atoms with E-state index in [1.807, 2.05) is 0 Å². The van der Waals surface area contributed by atoms with Crippen molar-refractivity contribution in [2.75, 3.05) is 0 Å². The Balaban J connectivity index is 0. The topological polar surface area (TPSA) is 0 Å². The van der Waals surface area contributed by atoms with Gasteiger partial charge in [0.2, 0.25) is 0 Å². The van der Waals surface area contributed by atoms with Gasteiger partial charge in [-0.15, -0.1) is 0 Å². The van der Waals surface area contributed by atoms with Crippen molar-refractivity contribution in [3.63, 3.8) is 0 Å². The fourth-order valence-electron chi connectivity index (χ4n) is 1.12. The molecule has 0 aliphatic carbocycles. The van der Waals surface area contributed by atoms with Gasteiger partial charge in [0.1, 0.15) is 0 Å². The van der Waals surface area contributed by atoms with Gasteiger partial charge in [0.25, 0.3) is 0 Å². The van der Waals surface area contributed by atoms with E-state index in [1.54, 1.807) is 0 Å². The molecule has 0 bridgehead atoms. The lowest BCUT2D eigenvalue weighted by molar-refractivity contribution is 0.477. The normalized spacial score (nSPS) is 11.8. The molecule has 0 fully saturated rings. The average Bonchev–Trinajstić information content (AvgIpc) is 2.13. The summed E-state index contributed by atoms with van der Waals surface area (Å²) >= 11 is 0. The molecule has 0 heteroatoms. The maximum Gasteiger partial charge on any atom is -0.0445 e. The third-order valence-corrected chi connectivity index (χ3v) is 2.25. The molecule has 1 unspecified atom stereocenters. The second-order valence-electron chi connectivity index (χ2n) is 4.07. The van der Waals surface area contributed by atoms with Crippen molar-refractivity contribution >= 4 is 0 Å². The molecule has 0 saturated heterocycles. The molecule has 82 valence electrons. The number of unbranched alkanes of at least 4 members (excludes halogenated alkanes) is 3. The quantitative estimate of drug-likeness (QED) is 0.486. The summed E-state index contributed by atoms with van der Waals surface area (Å²) in [5.41, 5.74) is 0. The van der Waals surface area contributed by atoms with Gasteiger partial charge in [-0.2, -0.15) is 0 Å². The van der Waals surface area contributed by atoms with Crippen LogP contribution in [0.1, 0.15) is 79.6 Å². The predicted molar refractivity (Wildman–Crippen MR) is 64.2 cm³/mol. The Labute approximate surface area is 86.1 Å². The van der Waals surface area contributed by atoms with Crippen molar-refractivity contribution < 1.29 is 0 Å². The SMILES string of the molecule is CCC.CCCCCCC(C)CC. The summed E-state index contributed by atoms with van der Waals surface area (Å²) < 4.78 is 0. The zero-order valence-electron chi connectivity index (χ0n) is 10.5. The molecule has 0 amide bonds. The lowest BCUT2D eigenvalue weighted by Gasteiger charge is -2.06. The number of rotatable bonds is 6. The van der Waals surface area contributed by atoms with E-state index in [-0.39, 0.29) is 0 Å². The van der Waals surface area contributed by atoms with Crippen molar-refractivity contribution in [3.8, 4) is 0 Å². The average molecular weight is 186 g/mol. The third-order valence-electron chi connectivity index (χ3n) is 2.25. The van der Waals surface area contributed by atoms with Crippen LogP contribution in [0.3, 0.4) is 0 Å². The van der Waals surface area contributed by atoms with E-state index in [0.717, 1.165) is 5.92 Å². The van der Waals surface area contributed by atoms with Gasteiger partial charge in [0.05, 0.1) is 0 Å². The van der Waals surface area contributed by atoms with Crippen LogP contribution in [-0.2, 0) is 0 Å². The number of hydrogen-bond donors (Lipinski definition) is 0. The highest BCUT2D eigenvalue weighted by Crippen LogP contribution is 2.12. The van der Waals surface area contributed by atoms with Crippen molar-refractivity contribution in [1.82, 2.24) is 0 Å². The van der Waals surface area contributed by atoms with E-state index in [1.165, 1.54) is 44.9 Å². The molecule has 0 spiro atoms. The van der Waals surface area contributed by atoms with Crippen LogP contribution < -0.4 is 0 Å².